The molecular weight excluding hydrogens is 440 g/mol. The molecule has 3 heterocycles. The SMILES string of the molecule is O=C(Nc1cc(-c2ccccc2)c(C(F)(F)F)cc1F)[N+]1=C2CCC1Cc1cc(=O)[nH]nc12. The second kappa shape index (κ2) is 7.65. The number of hydrogen-bond acceptors (Lipinski definition) is 3. The summed E-state index contributed by atoms with van der Waals surface area (Å²) >= 11 is 0. The number of fused-ring (bicyclic) bond motifs is 3. The van der Waals surface area contributed by atoms with Gasteiger partial charge in [0.05, 0.1) is 5.56 Å². The fourth-order valence-electron chi connectivity index (χ4n) is 4.52. The molecular formula is C23H17F4N4O2+. The number of alkyl halides is 3. The van der Waals surface area contributed by atoms with Crippen molar-refractivity contribution < 1.29 is 26.9 Å². The molecule has 10 heteroatoms. The van der Waals surface area contributed by atoms with Crippen LogP contribution in [0, 0.1) is 5.82 Å². The Kier molecular flexibility index (Phi) is 4.88. The van der Waals surface area contributed by atoms with Crippen molar-refractivity contribution in [2.45, 2.75) is 31.5 Å². The number of hydrogen-bond donors (Lipinski definition) is 2. The van der Waals surface area contributed by atoms with E-state index in [1.54, 1.807) is 18.2 Å². The molecule has 2 aliphatic heterocycles. The zero-order chi connectivity index (χ0) is 23.3. The molecule has 0 radical (unpaired) electrons. The summed E-state index contributed by atoms with van der Waals surface area (Å²) in [4.78, 5) is 24.7. The summed E-state index contributed by atoms with van der Waals surface area (Å²) in [6.45, 7) is 0. The minimum Gasteiger partial charge on any atom is -0.268 e. The molecule has 0 saturated carbocycles. The number of amides is 2. The third-order valence-electron chi connectivity index (χ3n) is 5.94. The zero-order valence-corrected chi connectivity index (χ0v) is 17.0. The molecule has 2 aliphatic rings. The number of benzene rings is 2. The number of nitrogens with one attached hydrogen (secondary N) is 2. The minimum atomic E-state index is -4.78. The van der Waals surface area contributed by atoms with Crippen LogP contribution in [-0.2, 0) is 12.6 Å². The molecule has 2 aromatic carbocycles. The third kappa shape index (κ3) is 3.71. The van der Waals surface area contributed by atoms with Gasteiger partial charge >= 0.3 is 12.2 Å². The van der Waals surface area contributed by atoms with E-state index in [1.807, 2.05) is 0 Å². The highest BCUT2D eigenvalue weighted by atomic mass is 19.4. The van der Waals surface area contributed by atoms with Gasteiger partial charge in [0.2, 0.25) is 0 Å². The summed E-state index contributed by atoms with van der Waals surface area (Å²) < 4.78 is 56.9. The Morgan fingerprint density at radius 3 is 2.64 bits per heavy atom. The van der Waals surface area contributed by atoms with Gasteiger partial charge in [-0.1, -0.05) is 30.3 Å². The van der Waals surface area contributed by atoms with E-state index in [4.69, 9.17) is 0 Å². The van der Waals surface area contributed by atoms with Gasteiger partial charge in [-0.3, -0.25) is 4.79 Å². The monoisotopic (exact) mass is 457 g/mol. The van der Waals surface area contributed by atoms with Crippen molar-refractivity contribution in [1.82, 2.24) is 10.2 Å². The Morgan fingerprint density at radius 2 is 1.91 bits per heavy atom. The van der Waals surface area contributed by atoms with Crippen LogP contribution in [0.2, 0.25) is 0 Å². The number of halogens is 4. The average Bonchev–Trinajstić information content (AvgIpc) is 3.09. The molecule has 1 unspecified atom stereocenters. The van der Waals surface area contributed by atoms with Crippen LogP contribution in [0.25, 0.3) is 11.1 Å². The number of aromatic nitrogens is 2. The normalized spacial score (nSPS) is 17.2. The van der Waals surface area contributed by atoms with E-state index in [-0.39, 0.29) is 28.4 Å². The van der Waals surface area contributed by atoms with Crippen LogP contribution in [0.4, 0.5) is 28.0 Å². The topological polar surface area (TPSA) is 77.9 Å². The first-order valence-electron chi connectivity index (χ1n) is 10.2. The number of anilines is 1. The molecule has 33 heavy (non-hydrogen) atoms. The van der Waals surface area contributed by atoms with Crippen molar-refractivity contribution in [3.63, 3.8) is 0 Å². The summed E-state index contributed by atoms with van der Waals surface area (Å²) in [6.07, 6.45) is -3.19. The number of H-pyrrole nitrogens is 1. The highest BCUT2D eigenvalue weighted by molar-refractivity contribution is 6.02. The van der Waals surface area contributed by atoms with Crippen LogP contribution in [0.5, 0.6) is 0 Å². The Morgan fingerprint density at radius 1 is 1.15 bits per heavy atom. The minimum absolute atomic E-state index is 0.237. The predicted molar refractivity (Wildman–Crippen MR) is 112 cm³/mol. The van der Waals surface area contributed by atoms with Gasteiger partial charge in [0, 0.05) is 18.9 Å². The summed E-state index contributed by atoms with van der Waals surface area (Å²) in [7, 11) is 0. The van der Waals surface area contributed by atoms with Gasteiger partial charge in [0.15, 0.2) is 11.5 Å². The van der Waals surface area contributed by atoms with E-state index in [9.17, 15) is 27.2 Å². The van der Waals surface area contributed by atoms with Crippen LogP contribution >= 0.6 is 0 Å². The number of urea groups is 1. The number of carbonyl (C=O) groups is 1. The van der Waals surface area contributed by atoms with E-state index in [0.29, 0.717) is 36.7 Å². The Labute approximate surface area is 184 Å². The van der Waals surface area contributed by atoms with E-state index in [0.717, 1.165) is 11.6 Å². The van der Waals surface area contributed by atoms with Crippen molar-refractivity contribution in [2.75, 3.05) is 5.32 Å². The molecule has 0 spiro atoms. The lowest BCUT2D eigenvalue weighted by Crippen LogP contribution is -2.40. The lowest BCUT2D eigenvalue weighted by atomic mass is 9.98. The quantitative estimate of drug-likeness (QED) is 0.444. The molecule has 0 saturated heterocycles. The summed E-state index contributed by atoms with van der Waals surface area (Å²) in [5, 5.41) is 8.84. The third-order valence-corrected chi connectivity index (χ3v) is 5.94. The highest BCUT2D eigenvalue weighted by Crippen LogP contribution is 2.40. The first kappa shape index (κ1) is 21.0. The smallest absolute Gasteiger partial charge is 0.268 e. The van der Waals surface area contributed by atoms with E-state index in [2.05, 4.69) is 15.5 Å². The molecule has 6 nitrogen and oxygen atoms in total. The molecule has 2 amide bonds. The molecule has 1 atom stereocenters. The van der Waals surface area contributed by atoms with Crippen LogP contribution in [0.3, 0.4) is 0 Å². The van der Waals surface area contributed by atoms with Crippen molar-refractivity contribution in [1.29, 1.82) is 0 Å². The highest BCUT2D eigenvalue weighted by Gasteiger charge is 2.42. The molecule has 3 aromatic rings. The summed E-state index contributed by atoms with van der Waals surface area (Å²) in [5.74, 6) is -1.19. The molecule has 2 bridgehead atoms. The molecule has 5 rings (SSSR count). The van der Waals surface area contributed by atoms with Crippen molar-refractivity contribution >= 4 is 17.4 Å². The van der Waals surface area contributed by atoms with Crippen molar-refractivity contribution in [3.8, 4) is 11.1 Å². The molecule has 168 valence electrons. The Bertz CT molecular complexity index is 1360. The van der Waals surface area contributed by atoms with Gasteiger partial charge in [-0.2, -0.15) is 27.6 Å². The molecule has 0 aliphatic carbocycles. The fourth-order valence-corrected chi connectivity index (χ4v) is 4.52. The molecule has 0 fully saturated rings. The van der Waals surface area contributed by atoms with Crippen LogP contribution < -0.4 is 10.9 Å². The van der Waals surface area contributed by atoms with E-state index >= 15 is 0 Å². The van der Waals surface area contributed by atoms with Gasteiger partial charge in [-0.05, 0) is 35.2 Å². The fraction of sp³-hybridized carbons (Fsp3) is 0.217. The number of carbonyl (C=O) groups excluding carboxylic acids is 1. The lowest BCUT2D eigenvalue weighted by Gasteiger charge is -2.19. The van der Waals surface area contributed by atoms with Crippen LogP contribution in [-0.4, -0.2) is 32.6 Å². The number of nitrogens with zero attached hydrogens (tertiary/aromatic N) is 2. The largest absolute Gasteiger partial charge is 0.496 e. The maximum Gasteiger partial charge on any atom is 0.496 e. The Balaban J connectivity index is 1.55. The molecule has 2 N–H and O–H groups in total. The maximum absolute atomic E-state index is 14.7. The average molecular weight is 457 g/mol. The second-order valence-electron chi connectivity index (χ2n) is 7.99. The van der Waals surface area contributed by atoms with Gasteiger partial charge in [-0.15, -0.1) is 0 Å². The number of aromatic amines is 1. The zero-order valence-electron chi connectivity index (χ0n) is 17.0. The summed E-state index contributed by atoms with van der Waals surface area (Å²) in [5.41, 5.74) is 0.000478. The second-order valence-corrected chi connectivity index (χ2v) is 7.99. The van der Waals surface area contributed by atoms with Gasteiger partial charge in [-0.25, -0.2) is 14.8 Å². The van der Waals surface area contributed by atoms with Gasteiger partial charge in [0.1, 0.15) is 17.4 Å². The standard InChI is InChI=1S/C23H16F4N4O2/c24-17-11-16(23(25,26)27)15(12-4-2-1-3-5-12)10-18(17)28-22(33)31-14-6-7-19(31)21-13(8-14)9-20(32)29-30-21/h1-5,9-11,14H,6-8H2,(H,28,33)/p+1. The first-order chi connectivity index (χ1) is 15.7. The molecule has 1 aromatic heterocycles. The Hall–Kier alpha value is -3.82. The van der Waals surface area contributed by atoms with E-state index < -0.39 is 23.6 Å². The van der Waals surface area contributed by atoms with Gasteiger partial charge in [0.25, 0.3) is 5.56 Å². The maximum atomic E-state index is 14.7. The first-order valence-corrected chi connectivity index (χ1v) is 10.2. The van der Waals surface area contributed by atoms with Crippen LogP contribution in [0.1, 0.15) is 29.7 Å². The van der Waals surface area contributed by atoms with Crippen molar-refractivity contribution in [2.24, 2.45) is 0 Å². The van der Waals surface area contributed by atoms with Gasteiger partial charge < -0.3 is 0 Å². The summed E-state index contributed by atoms with van der Waals surface area (Å²) in [6, 6.07) is 9.72. The number of rotatable bonds is 2. The predicted octanol–water partition coefficient (Wildman–Crippen LogP) is 4.35. The van der Waals surface area contributed by atoms with Crippen LogP contribution in [0.15, 0.2) is 53.3 Å². The van der Waals surface area contributed by atoms with E-state index in [1.165, 1.54) is 22.8 Å². The van der Waals surface area contributed by atoms with Crippen molar-refractivity contribution in [3.05, 3.63) is 81.5 Å². The lowest BCUT2D eigenvalue weighted by molar-refractivity contribution is -0.460.